The van der Waals surface area contributed by atoms with Gasteiger partial charge >= 0.3 is 0 Å². The smallest absolute Gasteiger partial charge is 0.141 e. The average molecular weight is 341 g/mol. The number of aliphatic hydroxyl groups is 1. The molecular weight excluding hydrogens is 318 g/mol. The van der Waals surface area contributed by atoms with Gasteiger partial charge in [-0.3, -0.25) is 0 Å². The van der Waals surface area contributed by atoms with E-state index < -0.39 is 0 Å². The van der Waals surface area contributed by atoms with Crippen molar-refractivity contribution in [1.82, 2.24) is 9.97 Å². The maximum atomic E-state index is 9.39. The third kappa shape index (κ3) is 3.01. The van der Waals surface area contributed by atoms with Crippen LogP contribution < -0.4 is 4.90 Å². The van der Waals surface area contributed by atoms with Crippen LogP contribution >= 0.6 is 11.3 Å². The number of anilines is 1. The maximum absolute atomic E-state index is 9.39. The number of fused-ring (bicyclic) bond motifs is 1. The minimum absolute atomic E-state index is 0.115. The molecule has 3 aromatic rings. The molecule has 24 heavy (non-hydrogen) atoms. The van der Waals surface area contributed by atoms with Gasteiger partial charge in [-0.05, 0) is 25.8 Å². The number of aliphatic hydroxyl groups excluding tert-OH is 1. The first-order valence-electron chi connectivity index (χ1n) is 8.38. The molecule has 5 heteroatoms. The summed E-state index contributed by atoms with van der Waals surface area (Å²) in [5.41, 5.74) is 3.70. The van der Waals surface area contributed by atoms with Crippen LogP contribution in [0.1, 0.15) is 24.3 Å². The van der Waals surface area contributed by atoms with Crippen molar-refractivity contribution in [2.24, 2.45) is 0 Å². The largest absolute Gasteiger partial charge is 0.395 e. The maximum Gasteiger partial charge on any atom is 0.141 e. The van der Waals surface area contributed by atoms with Gasteiger partial charge in [-0.1, -0.05) is 36.8 Å². The normalized spacial score (nSPS) is 11.2. The molecule has 4 nitrogen and oxygen atoms in total. The predicted molar refractivity (Wildman–Crippen MR) is 102 cm³/mol. The molecule has 1 aromatic carbocycles. The molecule has 0 spiro atoms. The number of aryl methyl sites for hydroxylation is 2. The summed E-state index contributed by atoms with van der Waals surface area (Å²) in [6, 6.07) is 8.64. The lowest BCUT2D eigenvalue weighted by atomic mass is 10.0. The SMILES string of the molecule is CCc1sc2ncnc(N(CC)CCO)c2c1-c1ccc(C)cc1. The number of aromatic nitrogens is 2. The minimum Gasteiger partial charge on any atom is -0.395 e. The van der Waals surface area contributed by atoms with E-state index in [0.29, 0.717) is 6.54 Å². The fourth-order valence-corrected chi connectivity index (χ4v) is 4.11. The van der Waals surface area contributed by atoms with Crippen LogP contribution in [0.4, 0.5) is 5.82 Å². The van der Waals surface area contributed by atoms with Crippen molar-refractivity contribution in [3.05, 3.63) is 41.0 Å². The van der Waals surface area contributed by atoms with Crippen LogP contribution in [0.5, 0.6) is 0 Å². The summed E-state index contributed by atoms with van der Waals surface area (Å²) in [5, 5.41) is 10.5. The lowest BCUT2D eigenvalue weighted by Gasteiger charge is -2.22. The second-order valence-corrected chi connectivity index (χ2v) is 6.88. The van der Waals surface area contributed by atoms with Crippen molar-refractivity contribution in [2.75, 3.05) is 24.6 Å². The number of rotatable bonds is 6. The Balaban J connectivity index is 2.28. The van der Waals surface area contributed by atoms with E-state index in [0.717, 1.165) is 29.0 Å². The fraction of sp³-hybridized carbons (Fsp3) is 0.368. The molecule has 3 rings (SSSR count). The van der Waals surface area contributed by atoms with E-state index in [9.17, 15) is 5.11 Å². The van der Waals surface area contributed by atoms with Gasteiger partial charge in [0.05, 0.1) is 12.0 Å². The van der Waals surface area contributed by atoms with Crippen molar-refractivity contribution in [3.63, 3.8) is 0 Å². The van der Waals surface area contributed by atoms with Gasteiger partial charge in [0.25, 0.3) is 0 Å². The Bertz CT molecular complexity index is 826. The molecule has 126 valence electrons. The summed E-state index contributed by atoms with van der Waals surface area (Å²) in [4.78, 5) is 13.5. The quantitative estimate of drug-likeness (QED) is 0.735. The zero-order valence-electron chi connectivity index (χ0n) is 14.4. The molecule has 0 aliphatic heterocycles. The molecule has 0 bridgehead atoms. The number of nitrogens with zero attached hydrogens (tertiary/aromatic N) is 3. The first-order valence-corrected chi connectivity index (χ1v) is 9.20. The molecule has 0 saturated carbocycles. The molecule has 0 atom stereocenters. The summed E-state index contributed by atoms with van der Waals surface area (Å²) in [7, 11) is 0. The zero-order valence-corrected chi connectivity index (χ0v) is 15.2. The van der Waals surface area contributed by atoms with Crippen LogP contribution in [0.2, 0.25) is 0 Å². The van der Waals surface area contributed by atoms with Crippen molar-refractivity contribution >= 4 is 27.4 Å². The van der Waals surface area contributed by atoms with Crippen LogP contribution in [-0.4, -0.2) is 34.8 Å². The van der Waals surface area contributed by atoms with Gasteiger partial charge in [0.15, 0.2) is 0 Å². The van der Waals surface area contributed by atoms with E-state index in [2.05, 4.69) is 59.9 Å². The van der Waals surface area contributed by atoms with E-state index >= 15 is 0 Å². The molecule has 0 radical (unpaired) electrons. The standard InChI is InChI=1S/C19H23N3OS/c1-4-15-16(14-8-6-13(3)7-9-14)17-18(22(5-2)10-11-23)20-12-21-19(17)24-15/h6-9,12,23H,4-5,10-11H2,1-3H3. The van der Waals surface area contributed by atoms with Crippen molar-refractivity contribution in [1.29, 1.82) is 0 Å². The Hall–Kier alpha value is -1.98. The molecule has 0 fully saturated rings. The number of thiophene rings is 1. The third-order valence-electron chi connectivity index (χ3n) is 4.25. The van der Waals surface area contributed by atoms with Gasteiger partial charge in [0.2, 0.25) is 0 Å². The molecular formula is C19H23N3OS. The molecule has 0 aliphatic rings. The summed E-state index contributed by atoms with van der Waals surface area (Å²) < 4.78 is 0. The highest BCUT2D eigenvalue weighted by Crippen LogP contribution is 2.42. The Kier molecular flexibility index (Phi) is 5.11. The summed E-state index contributed by atoms with van der Waals surface area (Å²) in [6.45, 7) is 7.86. The molecule has 1 N–H and O–H groups in total. The Morgan fingerprint density at radius 3 is 2.50 bits per heavy atom. The molecule has 2 heterocycles. The summed E-state index contributed by atoms with van der Waals surface area (Å²) >= 11 is 1.74. The summed E-state index contributed by atoms with van der Waals surface area (Å²) in [6.07, 6.45) is 2.60. The number of hydrogen-bond donors (Lipinski definition) is 1. The van der Waals surface area contributed by atoms with E-state index in [1.54, 1.807) is 17.7 Å². The van der Waals surface area contributed by atoms with Gasteiger partial charge in [-0.25, -0.2) is 9.97 Å². The highest BCUT2D eigenvalue weighted by molar-refractivity contribution is 7.19. The number of likely N-dealkylation sites (N-methyl/N-ethyl adjacent to an activating group) is 1. The summed E-state index contributed by atoms with van der Waals surface area (Å²) in [5.74, 6) is 0.920. The Morgan fingerprint density at radius 1 is 1.12 bits per heavy atom. The third-order valence-corrected chi connectivity index (χ3v) is 5.50. The van der Waals surface area contributed by atoms with Gasteiger partial charge in [-0.15, -0.1) is 11.3 Å². The second-order valence-electron chi connectivity index (χ2n) is 5.80. The molecule has 0 unspecified atom stereocenters. The fourth-order valence-electron chi connectivity index (χ4n) is 3.01. The second kappa shape index (κ2) is 7.28. The average Bonchev–Trinajstić information content (AvgIpc) is 2.99. The first-order chi connectivity index (χ1) is 11.7. The van der Waals surface area contributed by atoms with Crippen LogP contribution in [0.25, 0.3) is 21.3 Å². The molecule has 0 amide bonds. The van der Waals surface area contributed by atoms with E-state index in [4.69, 9.17) is 0 Å². The van der Waals surface area contributed by atoms with E-state index in [1.807, 2.05) is 0 Å². The molecule has 2 aromatic heterocycles. The highest BCUT2D eigenvalue weighted by atomic mass is 32.1. The van der Waals surface area contributed by atoms with Gasteiger partial charge in [0.1, 0.15) is 17.0 Å². The van der Waals surface area contributed by atoms with Crippen LogP contribution in [0.3, 0.4) is 0 Å². The topological polar surface area (TPSA) is 49.2 Å². The van der Waals surface area contributed by atoms with E-state index in [1.165, 1.54) is 21.6 Å². The number of hydrogen-bond acceptors (Lipinski definition) is 5. The Labute approximate surface area is 146 Å². The lowest BCUT2D eigenvalue weighted by Crippen LogP contribution is -2.27. The van der Waals surface area contributed by atoms with Crippen molar-refractivity contribution in [3.8, 4) is 11.1 Å². The van der Waals surface area contributed by atoms with Gasteiger partial charge in [-0.2, -0.15) is 0 Å². The van der Waals surface area contributed by atoms with E-state index in [-0.39, 0.29) is 6.61 Å². The predicted octanol–water partition coefficient (Wildman–Crippen LogP) is 4.05. The minimum atomic E-state index is 0.115. The van der Waals surface area contributed by atoms with Gasteiger partial charge in [0, 0.05) is 23.5 Å². The van der Waals surface area contributed by atoms with Crippen molar-refractivity contribution < 1.29 is 5.11 Å². The highest BCUT2D eigenvalue weighted by Gasteiger charge is 2.20. The van der Waals surface area contributed by atoms with Crippen LogP contribution in [0, 0.1) is 6.92 Å². The number of benzene rings is 1. The lowest BCUT2D eigenvalue weighted by molar-refractivity contribution is 0.302. The molecule has 0 saturated heterocycles. The van der Waals surface area contributed by atoms with Gasteiger partial charge < -0.3 is 10.0 Å². The van der Waals surface area contributed by atoms with Crippen LogP contribution in [0.15, 0.2) is 30.6 Å². The zero-order chi connectivity index (χ0) is 17.1. The molecule has 0 aliphatic carbocycles. The Morgan fingerprint density at radius 2 is 1.88 bits per heavy atom. The monoisotopic (exact) mass is 341 g/mol. The van der Waals surface area contributed by atoms with Crippen LogP contribution in [-0.2, 0) is 6.42 Å². The van der Waals surface area contributed by atoms with Crippen molar-refractivity contribution in [2.45, 2.75) is 27.2 Å². The first kappa shape index (κ1) is 16.9.